The van der Waals surface area contributed by atoms with Crippen molar-refractivity contribution in [2.24, 2.45) is 0 Å². The molecule has 1 N–H and O–H groups in total. The van der Waals surface area contributed by atoms with Gasteiger partial charge in [0.2, 0.25) is 0 Å². The first-order chi connectivity index (χ1) is 19.2. The maximum atomic E-state index is 14.6. The molecule has 3 aromatic heterocycles. The first-order valence-corrected chi connectivity index (χ1v) is 13.8. The Hall–Kier alpha value is -4.18. The monoisotopic (exact) mass is 557 g/mol. The summed E-state index contributed by atoms with van der Waals surface area (Å²) in [6.45, 7) is 6.21. The van der Waals surface area contributed by atoms with Gasteiger partial charge in [-0.2, -0.15) is 0 Å². The van der Waals surface area contributed by atoms with Crippen LogP contribution in [0.25, 0.3) is 0 Å². The highest BCUT2D eigenvalue weighted by Gasteiger charge is 2.60. The lowest BCUT2D eigenvalue weighted by molar-refractivity contribution is -0.149. The minimum Gasteiger partial charge on any atom is -0.496 e. The van der Waals surface area contributed by atoms with Gasteiger partial charge in [-0.25, -0.2) is 9.78 Å². The van der Waals surface area contributed by atoms with Crippen LogP contribution in [0.2, 0.25) is 0 Å². The third-order valence-corrected chi connectivity index (χ3v) is 8.26. The molecule has 0 saturated carbocycles. The lowest BCUT2D eigenvalue weighted by Crippen LogP contribution is -2.55. The highest BCUT2D eigenvalue weighted by molar-refractivity contribution is 7.09. The molecular formula is C30H31N5O4S. The smallest absolute Gasteiger partial charge is 0.330 e. The van der Waals surface area contributed by atoms with Gasteiger partial charge >= 0.3 is 5.97 Å². The predicted molar refractivity (Wildman–Crippen MR) is 150 cm³/mol. The minimum atomic E-state index is -1.63. The van der Waals surface area contributed by atoms with Crippen molar-refractivity contribution in [3.05, 3.63) is 100 Å². The fourth-order valence-electron chi connectivity index (χ4n) is 5.58. The molecule has 3 atom stereocenters. The summed E-state index contributed by atoms with van der Waals surface area (Å²) in [6, 6.07) is 10.0. The number of carbonyl (C=O) groups excluding carboxylic acids is 1. The summed E-state index contributed by atoms with van der Waals surface area (Å²) in [5.41, 5.74) is 0.606. The molecule has 1 fully saturated rings. The molecular weight excluding hydrogens is 526 g/mol. The maximum Gasteiger partial charge on any atom is 0.330 e. The van der Waals surface area contributed by atoms with E-state index in [0.29, 0.717) is 27.7 Å². The lowest BCUT2D eigenvalue weighted by atomic mass is 9.84. The molecule has 40 heavy (non-hydrogen) atoms. The molecule has 1 amide bonds. The number of pyridine rings is 1. The van der Waals surface area contributed by atoms with Gasteiger partial charge in [0.1, 0.15) is 16.3 Å². The Balaban J connectivity index is 1.72. The van der Waals surface area contributed by atoms with Crippen molar-refractivity contribution in [1.82, 2.24) is 24.8 Å². The van der Waals surface area contributed by atoms with E-state index in [-0.39, 0.29) is 18.3 Å². The van der Waals surface area contributed by atoms with Gasteiger partial charge in [-0.15, -0.1) is 11.3 Å². The van der Waals surface area contributed by atoms with Crippen LogP contribution in [-0.4, -0.2) is 54.5 Å². The van der Waals surface area contributed by atoms with Crippen LogP contribution in [-0.2, 0) is 16.6 Å². The average Bonchev–Trinajstić information content (AvgIpc) is 3.60. The number of amides is 1. The summed E-state index contributed by atoms with van der Waals surface area (Å²) < 4.78 is 5.68. The van der Waals surface area contributed by atoms with Crippen molar-refractivity contribution in [1.29, 1.82) is 0 Å². The lowest BCUT2D eigenvalue weighted by Gasteiger charge is -2.37. The van der Waals surface area contributed by atoms with Crippen molar-refractivity contribution in [2.75, 3.05) is 7.11 Å². The normalized spacial score (nSPS) is 20.9. The summed E-state index contributed by atoms with van der Waals surface area (Å²) in [6.07, 6.45) is 8.21. The van der Waals surface area contributed by atoms with Gasteiger partial charge in [0.15, 0.2) is 0 Å². The molecule has 0 unspecified atom stereocenters. The summed E-state index contributed by atoms with van der Waals surface area (Å²) in [4.78, 5) is 47.2. The van der Waals surface area contributed by atoms with Crippen molar-refractivity contribution in [2.45, 2.75) is 56.5 Å². The molecule has 4 heterocycles. The molecule has 206 valence electrons. The SMILES string of the molecule is COc1cc(C(=O)N2[C@@H](c3nccs3)[C@@H](c3cnccn3)C[C@@]2(Cc2ccccn2)C(=O)O)ccc1C(C)(C)C. The second-order valence-electron chi connectivity index (χ2n) is 10.9. The molecule has 5 rings (SSSR count). The van der Waals surface area contributed by atoms with E-state index in [0.717, 1.165) is 5.56 Å². The number of ether oxygens (including phenoxy) is 1. The van der Waals surface area contributed by atoms with Crippen molar-refractivity contribution >= 4 is 23.2 Å². The number of benzene rings is 1. The summed E-state index contributed by atoms with van der Waals surface area (Å²) in [7, 11) is 1.57. The minimum absolute atomic E-state index is 0.0186. The second-order valence-corrected chi connectivity index (χ2v) is 11.9. The van der Waals surface area contributed by atoms with Gasteiger partial charge < -0.3 is 14.7 Å². The molecule has 1 aliphatic heterocycles. The molecule has 0 aliphatic carbocycles. The number of thiazole rings is 1. The number of nitrogens with zero attached hydrogens (tertiary/aromatic N) is 5. The summed E-state index contributed by atoms with van der Waals surface area (Å²) in [5.74, 6) is -1.43. The van der Waals surface area contributed by atoms with E-state index in [1.165, 1.54) is 16.2 Å². The van der Waals surface area contributed by atoms with Crippen LogP contribution in [0, 0.1) is 0 Å². The summed E-state index contributed by atoms with van der Waals surface area (Å²) >= 11 is 1.38. The Kier molecular flexibility index (Phi) is 7.37. The standard InChI is InChI=1S/C30H31N5O4S/c1-29(2,3)22-9-8-19(15-24(22)39-4)27(36)35-25(26-34-13-14-40-26)21(23-18-31-11-12-33-23)17-30(35,28(37)38)16-20-7-5-6-10-32-20/h5-15,18,21,25H,16-17H2,1-4H3,(H,37,38)/t21-,25-,30+/m1/s1. The number of carboxylic acid groups (broad SMARTS) is 1. The molecule has 1 saturated heterocycles. The van der Waals surface area contributed by atoms with Crippen LogP contribution in [0.15, 0.2) is 72.8 Å². The van der Waals surface area contributed by atoms with E-state index in [4.69, 9.17) is 4.74 Å². The van der Waals surface area contributed by atoms with Crippen molar-refractivity contribution in [3.8, 4) is 5.75 Å². The Labute approximate surface area is 236 Å². The van der Waals surface area contributed by atoms with Crippen molar-refractivity contribution < 1.29 is 19.4 Å². The molecule has 0 bridgehead atoms. The number of carbonyl (C=O) groups is 2. The highest BCUT2D eigenvalue weighted by Crippen LogP contribution is 2.53. The number of aromatic nitrogens is 4. The number of hydrogen-bond acceptors (Lipinski definition) is 8. The molecule has 0 radical (unpaired) electrons. The van der Waals surface area contributed by atoms with Gasteiger partial charge in [-0.05, 0) is 41.7 Å². The zero-order valence-corrected chi connectivity index (χ0v) is 23.6. The molecule has 1 aliphatic rings. The molecule has 9 nitrogen and oxygen atoms in total. The Morgan fingerprint density at radius 3 is 2.52 bits per heavy atom. The molecule has 0 spiro atoms. The van der Waals surface area contributed by atoms with Crippen molar-refractivity contribution in [3.63, 3.8) is 0 Å². The first-order valence-electron chi connectivity index (χ1n) is 13.0. The number of carboxylic acids is 1. The fourth-order valence-corrected chi connectivity index (χ4v) is 6.37. The Bertz CT molecular complexity index is 1490. The Morgan fingerprint density at radius 2 is 1.93 bits per heavy atom. The third kappa shape index (κ3) is 4.95. The average molecular weight is 558 g/mol. The van der Waals surface area contributed by atoms with Crippen LogP contribution in [0.5, 0.6) is 5.75 Å². The van der Waals surface area contributed by atoms with Crippen LogP contribution in [0.3, 0.4) is 0 Å². The maximum absolute atomic E-state index is 14.6. The molecule has 4 aromatic rings. The van der Waals surface area contributed by atoms with Crippen LogP contribution < -0.4 is 4.74 Å². The number of hydrogen-bond donors (Lipinski definition) is 1. The third-order valence-electron chi connectivity index (χ3n) is 7.42. The fraction of sp³-hybridized carbons (Fsp3) is 0.333. The van der Waals surface area contributed by atoms with Gasteiger partial charge in [0.05, 0.1) is 18.8 Å². The number of methoxy groups -OCH3 is 1. The van der Waals surface area contributed by atoms with E-state index in [9.17, 15) is 14.7 Å². The number of rotatable bonds is 7. The predicted octanol–water partition coefficient (Wildman–Crippen LogP) is 5.07. The van der Waals surface area contributed by atoms with Gasteiger partial charge in [0.25, 0.3) is 5.91 Å². The van der Waals surface area contributed by atoms with E-state index in [1.807, 2.05) is 17.5 Å². The Morgan fingerprint density at radius 1 is 1.10 bits per heavy atom. The van der Waals surface area contributed by atoms with Gasteiger partial charge in [-0.1, -0.05) is 32.9 Å². The van der Waals surface area contributed by atoms with Crippen LogP contribution in [0.4, 0.5) is 0 Å². The number of aliphatic carboxylic acids is 1. The molecule has 10 heteroatoms. The molecule has 1 aromatic carbocycles. The number of likely N-dealkylation sites (tertiary alicyclic amines) is 1. The van der Waals surface area contributed by atoms with Crippen LogP contribution in [0.1, 0.15) is 71.5 Å². The van der Waals surface area contributed by atoms with Crippen LogP contribution >= 0.6 is 11.3 Å². The van der Waals surface area contributed by atoms with Gasteiger partial charge in [-0.3, -0.25) is 19.7 Å². The highest BCUT2D eigenvalue weighted by atomic mass is 32.1. The van der Waals surface area contributed by atoms with E-state index < -0.39 is 29.4 Å². The van der Waals surface area contributed by atoms with Gasteiger partial charge in [0, 0.05) is 60.0 Å². The van der Waals surface area contributed by atoms with E-state index in [1.54, 1.807) is 62.4 Å². The van der Waals surface area contributed by atoms with E-state index in [2.05, 4.69) is 40.7 Å². The second kappa shape index (κ2) is 10.8. The first kappa shape index (κ1) is 27.4. The summed E-state index contributed by atoms with van der Waals surface area (Å²) in [5, 5.41) is 13.4. The topological polar surface area (TPSA) is 118 Å². The largest absolute Gasteiger partial charge is 0.496 e. The quantitative estimate of drug-likeness (QED) is 0.335. The zero-order valence-electron chi connectivity index (χ0n) is 22.8. The van der Waals surface area contributed by atoms with E-state index >= 15 is 0 Å². The zero-order chi connectivity index (χ0) is 28.5.